The zero-order valence-electron chi connectivity index (χ0n) is 11.6. The Kier molecular flexibility index (Phi) is 3.74. The lowest BCUT2D eigenvalue weighted by molar-refractivity contribution is 0.410. The van der Waals surface area contributed by atoms with Crippen molar-refractivity contribution in [2.45, 2.75) is 12.6 Å². The summed E-state index contributed by atoms with van der Waals surface area (Å²) in [6.07, 6.45) is 0. The van der Waals surface area contributed by atoms with Crippen LogP contribution in [-0.2, 0) is 6.54 Å². The van der Waals surface area contributed by atoms with Crippen LogP contribution in [0, 0.1) is 5.82 Å². The molecule has 2 N–H and O–H groups in total. The predicted molar refractivity (Wildman–Crippen MR) is 82.4 cm³/mol. The highest BCUT2D eigenvalue weighted by Crippen LogP contribution is 2.44. The first kappa shape index (κ1) is 14.2. The molecular formula is C16H16ClFN2O. The van der Waals surface area contributed by atoms with Crippen LogP contribution in [-0.4, -0.2) is 13.7 Å². The van der Waals surface area contributed by atoms with Gasteiger partial charge in [-0.2, -0.15) is 0 Å². The Morgan fingerprint density at radius 1 is 1.33 bits per heavy atom. The Balaban J connectivity index is 2.12. The van der Waals surface area contributed by atoms with Gasteiger partial charge in [0.1, 0.15) is 11.6 Å². The van der Waals surface area contributed by atoms with E-state index in [9.17, 15) is 4.39 Å². The molecule has 21 heavy (non-hydrogen) atoms. The fourth-order valence-corrected chi connectivity index (χ4v) is 3.25. The van der Waals surface area contributed by atoms with Gasteiger partial charge >= 0.3 is 0 Å². The van der Waals surface area contributed by atoms with Crippen molar-refractivity contribution in [3.05, 3.63) is 58.4 Å². The number of halogens is 2. The fraction of sp³-hybridized carbons (Fsp3) is 0.250. The van der Waals surface area contributed by atoms with Gasteiger partial charge in [0.25, 0.3) is 0 Å². The summed E-state index contributed by atoms with van der Waals surface area (Å²) in [6, 6.07) is 10.2. The van der Waals surface area contributed by atoms with E-state index in [1.165, 1.54) is 6.07 Å². The van der Waals surface area contributed by atoms with Crippen LogP contribution in [0.15, 0.2) is 36.4 Å². The molecule has 0 amide bonds. The minimum atomic E-state index is -0.265. The molecule has 0 bridgehead atoms. The average molecular weight is 307 g/mol. The Morgan fingerprint density at radius 2 is 2.10 bits per heavy atom. The van der Waals surface area contributed by atoms with Gasteiger partial charge in [-0.25, -0.2) is 4.39 Å². The zero-order valence-corrected chi connectivity index (χ0v) is 12.4. The van der Waals surface area contributed by atoms with Gasteiger partial charge in [-0.05, 0) is 24.3 Å². The van der Waals surface area contributed by atoms with E-state index in [1.807, 2.05) is 17.0 Å². The third-order valence-electron chi connectivity index (χ3n) is 3.90. The van der Waals surface area contributed by atoms with E-state index < -0.39 is 0 Å². The number of rotatable bonds is 3. The Labute approximate surface area is 128 Å². The first-order chi connectivity index (χ1) is 10.2. The maximum atomic E-state index is 14.1. The van der Waals surface area contributed by atoms with Crippen molar-refractivity contribution in [1.29, 1.82) is 0 Å². The Bertz CT molecular complexity index is 677. The van der Waals surface area contributed by atoms with E-state index in [-0.39, 0.29) is 11.9 Å². The molecule has 3 rings (SSSR count). The molecule has 0 spiro atoms. The molecule has 1 atom stereocenters. The van der Waals surface area contributed by atoms with Crippen molar-refractivity contribution in [3.63, 3.8) is 0 Å². The first-order valence-electron chi connectivity index (χ1n) is 6.74. The summed E-state index contributed by atoms with van der Waals surface area (Å²) >= 11 is 6.33. The Morgan fingerprint density at radius 3 is 2.76 bits per heavy atom. The van der Waals surface area contributed by atoms with Crippen molar-refractivity contribution >= 4 is 17.3 Å². The SMILES string of the molecule is COc1ccc(Cl)c2c1CN(c1ccccc1F)C2CN. The molecule has 0 saturated heterocycles. The first-order valence-corrected chi connectivity index (χ1v) is 7.11. The fourth-order valence-electron chi connectivity index (χ4n) is 2.95. The summed E-state index contributed by atoms with van der Waals surface area (Å²) in [7, 11) is 1.62. The van der Waals surface area contributed by atoms with Crippen molar-refractivity contribution in [3.8, 4) is 5.75 Å². The van der Waals surface area contributed by atoms with Crippen molar-refractivity contribution in [2.24, 2.45) is 5.73 Å². The summed E-state index contributed by atoms with van der Waals surface area (Å²) < 4.78 is 19.5. The van der Waals surface area contributed by atoms with Gasteiger partial charge in [-0.15, -0.1) is 0 Å². The van der Waals surface area contributed by atoms with Gasteiger partial charge in [0.2, 0.25) is 0 Å². The third-order valence-corrected chi connectivity index (χ3v) is 4.23. The van der Waals surface area contributed by atoms with Gasteiger partial charge in [0.05, 0.1) is 18.8 Å². The van der Waals surface area contributed by atoms with E-state index >= 15 is 0 Å². The molecule has 0 fully saturated rings. The quantitative estimate of drug-likeness (QED) is 0.943. The van der Waals surface area contributed by atoms with Crippen LogP contribution >= 0.6 is 11.6 Å². The van der Waals surface area contributed by atoms with E-state index in [1.54, 1.807) is 25.3 Å². The molecule has 3 nitrogen and oxygen atoms in total. The predicted octanol–water partition coefficient (Wildman–Crippen LogP) is 3.51. The lowest BCUT2D eigenvalue weighted by Gasteiger charge is -2.26. The van der Waals surface area contributed by atoms with Gasteiger partial charge in [0, 0.05) is 29.2 Å². The minimum Gasteiger partial charge on any atom is -0.496 e. The van der Waals surface area contributed by atoms with Crippen LogP contribution < -0.4 is 15.4 Å². The van der Waals surface area contributed by atoms with Crippen LogP contribution in [0.1, 0.15) is 17.2 Å². The van der Waals surface area contributed by atoms with Crippen LogP contribution in [0.5, 0.6) is 5.75 Å². The summed E-state index contributed by atoms with van der Waals surface area (Å²) in [4.78, 5) is 1.94. The number of anilines is 1. The summed E-state index contributed by atoms with van der Waals surface area (Å²) in [5.74, 6) is 0.491. The second kappa shape index (κ2) is 5.54. The largest absolute Gasteiger partial charge is 0.496 e. The number of hydrogen-bond donors (Lipinski definition) is 1. The van der Waals surface area contributed by atoms with Crippen LogP contribution in [0.25, 0.3) is 0 Å². The standard InChI is InChI=1S/C16H16ClFN2O/c1-21-15-7-6-11(17)16-10(15)9-20(14(16)8-19)13-5-3-2-4-12(13)18/h2-7,14H,8-9,19H2,1H3. The summed E-state index contributed by atoms with van der Waals surface area (Å²) in [5.41, 5.74) is 8.36. The molecule has 1 unspecified atom stereocenters. The van der Waals surface area contributed by atoms with Gasteiger partial charge < -0.3 is 15.4 Å². The van der Waals surface area contributed by atoms with E-state index in [0.29, 0.717) is 23.8 Å². The maximum absolute atomic E-state index is 14.1. The van der Waals surface area contributed by atoms with Gasteiger partial charge in [-0.3, -0.25) is 0 Å². The van der Waals surface area contributed by atoms with Gasteiger partial charge in [-0.1, -0.05) is 23.7 Å². The van der Waals surface area contributed by atoms with Crippen LogP contribution in [0.3, 0.4) is 0 Å². The second-order valence-electron chi connectivity index (χ2n) is 4.97. The molecule has 0 aromatic heterocycles. The van der Waals surface area contributed by atoms with Crippen LogP contribution in [0.4, 0.5) is 10.1 Å². The lowest BCUT2D eigenvalue weighted by Crippen LogP contribution is -2.28. The summed E-state index contributed by atoms with van der Waals surface area (Å²) in [5, 5.41) is 0.639. The number of benzene rings is 2. The Hall–Kier alpha value is -1.78. The molecule has 0 saturated carbocycles. The van der Waals surface area contributed by atoms with E-state index in [2.05, 4.69) is 0 Å². The van der Waals surface area contributed by atoms with Crippen molar-refractivity contribution in [2.75, 3.05) is 18.6 Å². The lowest BCUT2D eigenvalue weighted by atomic mass is 10.0. The van der Waals surface area contributed by atoms with E-state index in [4.69, 9.17) is 22.1 Å². The molecular weight excluding hydrogens is 291 g/mol. The summed E-state index contributed by atoms with van der Waals surface area (Å²) in [6.45, 7) is 0.885. The molecule has 5 heteroatoms. The van der Waals surface area contributed by atoms with Crippen molar-refractivity contribution in [1.82, 2.24) is 0 Å². The monoisotopic (exact) mass is 306 g/mol. The molecule has 110 valence electrons. The number of nitrogens with two attached hydrogens (primary N) is 1. The molecule has 2 aromatic rings. The highest BCUT2D eigenvalue weighted by molar-refractivity contribution is 6.31. The molecule has 1 heterocycles. The number of methoxy groups -OCH3 is 1. The highest BCUT2D eigenvalue weighted by Gasteiger charge is 2.34. The number of nitrogens with zero attached hydrogens (tertiary/aromatic N) is 1. The highest BCUT2D eigenvalue weighted by atomic mass is 35.5. The zero-order chi connectivity index (χ0) is 15.0. The van der Waals surface area contributed by atoms with Crippen molar-refractivity contribution < 1.29 is 9.13 Å². The minimum absolute atomic E-state index is 0.153. The molecule has 2 aromatic carbocycles. The third kappa shape index (κ3) is 2.24. The molecule has 1 aliphatic rings. The molecule has 1 aliphatic heterocycles. The topological polar surface area (TPSA) is 38.5 Å². The maximum Gasteiger partial charge on any atom is 0.146 e. The number of fused-ring (bicyclic) bond motifs is 1. The normalized spacial score (nSPS) is 17.0. The average Bonchev–Trinajstić information content (AvgIpc) is 2.88. The number of para-hydroxylation sites is 1. The number of hydrogen-bond acceptors (Lipinski definition) is 3. The second-order valence-corrected chi connectivity index (χ2v) is 5.38. The van der Waals surface area contributed by atoms with Gasteiger partial charge in [0.15, 0.2) is 0 Å². The number of ether oxygens (including phenoxy) is 1. The molecule has 0 aliphatic carbocycles. The smallest absolute Gasteiger partial charge is 0.146 e. The van der Waals surface area contributed by atoms with E-state index in [0.717, 1.165) is 16.9 Å². The molecule has 0 radical (unpaired) electrons. The van der Waals surface area contributed by atoms with Crippen LogP contribution in [0.2, 0.25) is 5.02 Å².